The third-order valence-corrected chi connectivity index (χ3v) is 5.19. The topological polar surface area (TPSA) is 114 Å². The Kier molecular flexibility index (Phi) is 6.62. The lowest BCUT2D eigenvalue weighted by atomic mass is 10.00. The van der Waals surface area contributed by atoms with Gasteiger partial charge in [-0.2, -0.15) is 5.26 Å². The van der Waals surface area contributed by atoms with Crippen molar-refractivity contribution in [2.75, 3.05) is 0 Å². The van der Waals surface area contributed by atoms with Gasteiger partial charge in [0, 0.05) is 30.9 Å². The van der Waals surface area contributed by atoms with E-state index < -0.39 is 11.9 Å². The Morgan fingerprint density at radius 1 is 1.12 bits per heavy atom. The van der Waals surface area contributed by atoms with Crippen LogP contribution in [0.2, 0.25) is 5.02 Å². The molecule has 1 atom stereocenters. The van der Waals surface area contributed by atoms with Crippen molar-refractivity contribution in [3.8, 4) is 11.9 Å². The van der Waals surface area contributed by atoms with Crippen LogP contribution in [0.5, 0.6) is 0 Å². The summed E-state index contributed by atoms with van der Waals surface area (Å²) in [4.78, 5) is 36.5. The molecular weight excluding hydrogens is 442 g/mol. The number of nitrogens with one attached hydrogen (secondary N) is 1. The molecular formula is C24H18ClN5O3. The van der Waals surface area contributed by atoms with Crippen molar-refractivity contribution in [3.63, 3.8) is 0 Å². The lowest BCUT2D eigenvalue weighted by Crippen LogP contribution is -2.20. The number of halogens is 1. The highest BCUT2D eigenvalue weighted by Gasteiger charge is 2.25. The Balaban J connectivity index is 1.49. The molecule has 164 valence electrons. The fraction of sp³-hybridized carbons (Fsp3) is 0.125. The molecule has 0 radical (unpaired) electrons. The molecule has 0 spiro atoms. The molecule has 1 aromatic carbocycles. The van der Waals surface area contributed by atoms with Crippen LogP contribution < -0.4 is 5.56 Å². The number of pyridine rings is 2. The highest BCUT2D eigenvalue weighted by atomic mass is 35.5. The van der Waals surface area contributed by atoms with E-state index in [1.54, 1.807) is 55.0 Å². The summed E-state index contributed by atoms with van der Waals surface area (Å²) in [5, 5.41) is 9.32. The van der Waals surface area contributed by atoms with Crippen LogP contribution in [-0.4, -0.2) is 25.5 Å². The van der Waals surface area contributed by atoms with Crippen LogP contribution in [0.1, 0.15) is 28.4 Å². The van der Waals surface area contributed by atoms with Gasteiger partial charge in [0.2, 0.25) is 0 Å². The zero-order valence-electron chi connectivity index (χ0n) is 17.3. The van der Waals surface area contributed by atoms with E-state index in [9.17, 15) is 9.59 Å². The number of hydrogen-bond acceptors (Lipinski definition) is 6. The number of hydrogen-bond donors (Lipinski definition) is 1. The number of imidazole rings is 1. The van der Waals surface area contributed by atoms with Gasteiger partial charge in [-0.1, -0.05) is 29.8 Å². The first-order chi connectivity index (χ1) is 16.0. The second kappa shape index (κ2) is 9.94. The van der Waals surface area contributed by atoms with Crippen LogP contribution in [0, 0.1) is 11.3 Å². The van der Waals surface area contributed by atoms with Gasteiger partial charge in [-0.3, -0.25) is 14.2 Å². The van der Waals surface area contributed by atoms with E-state index in [0.29, 0.717) is 28.6 Å². The SMILES string of the molecule is N#Cc1ccc(COC(=O)[C@H](Cc2ccc(-n3cc(Cl)ccc3=O)nc2)c2ncc[nH]2)cc1. The predicted octanol–water partition coefficient (Wildman–Crippen LogP) is 3.55. The maximum Gasteiger partial charge on any atom is 0.317 e. The first-order valence-corrected chi connectivity index (χ1v) is 10.4. The summed E-state index contributed by atoms with van der Waals surface area (Å²) in [6.45, 7) is 0.0800. The highest BCUT2D eigenvalue weighted by molar-refractivity contribution is 6.30. The number of carbonyl (C=O) groups excluding carboxylic acids is 1. The number of rotatable bonds is 7. The molecule has 4 aromatic rings. The molecule has 0 bridgehead atoms. The molecule has 0 aliphatic heterocycles. The molecule has 3 heterocycles. The molecule has 0 fully saturated rings. The van der Waals surface area contributed by atoms with E-state index in [1.807, 2.05) is 0 Å². The van der Waals surface area contributed by atoms with Crippen LogP contribution in [-0.2, 0) is 22.6 Å². The Morgan fingerprint density at radius 3 is 2.58 bits per heavy atom. The van der Waals surface area contributed by atoms with E-state index in [-0.39, 0.29) is 12.2 Å². The summed E-state index contributed by atoms with van der Waals surface area (Å²) in [5.41, 5.74) is 1.83. The summed E-state index contributed by atoms with van der Waals surface area (Å²) in [6, 6.07) is 15.3. The lowest BCUT2D eigenvalue weighted by molar-refractivity contribution is -0.147. The number of nitrogens with zero attached hydrogens (tertiary/aromatic N) is 4. The Hall–Kier alpha value is -4.22. The molecule has 0 aliphatic carbocycles. The van der Waals surface area contributed by atoms with Crippen molar-refractivity contribution in [1.29, 1.82) is 5.26 Å². The number of H-pyrrole nitrogens is 1. The molecule has 1 N–H and O–H groups in total. The number of nitriles is 1. The molecule has 0 saturated carbocycles. The van der Waals surface area contributed by atoms with Gasteiger partial charge in [0.05, 0.1) is 16.7 Å². The minimum atomic E-state index is -0.667. The number of benzene rings is 1. The van der Waals surface area contributed by atoms with Gasteiger partial charge in [-0.15, -0.1) is 0 Å². The Morgan fingerprint density at radius 2 is 1.91 bits per heavy atom. The molecule has 33 heavy (non-hydrogen) atoms. The zero-order chi connectivity index (χ0) is 23.2. The average Bonchev–Trinajstić information content (AvgIpc) is 3.38. The maximum absolute atomic E-state index is 12.9. The van der Waals surface area contributed by atoms with Gasteiger partial charge in [0.1, 0.15) is 24.2 Å². The van der Waals surface area contributed by atoms with Crippen molar-refractivity contribution in [3.05, 3.63) is 111 Å². The Bertz CT molecular complexity index is 1340. The molecule has 4 rings (SSSR count). The van der Waals surface area contributed by atoms with E-state index in [2.05, 4.69) is 21.0 Å². The molecule has 0 saturated heterocycles. The third kappa shape index (κ3) is 5.34. The van der Waals surface area contributed by atoms with Crippen molar-refractivity contribution < 1.29 is 9.53 Å². The van der Waals surface area contributed by atoms with Gasteiger partial charge >= 0.3 is 5.97 Å². The second-order valence-electron chi connectivity index (χ2n) is 7.23. The summed E-state index contributed by atoms with van der Waals surface area (Å²) < 4.78 is 6.87. The van der Waals surface area contributed by atoms with Gasteiger partial charge < -0.3 is 9.72 Å². The molecule has 8 nitrogen and oxygen atoms in total. The van der Waals surface area contributed by atoms with Crippen molar-refractivity contribution in [1.82, 2.24) is 19.5 Å². The Labute approximate surface area is 194 Å². The minimum Gasteiger partial charge on any atom is -0.460 e. The second-order valence-corrected chi connectivity index (χ2v) is 7.66. The fourth-order valence-electron chi connectivity index (χ4n) is 3.25. The van der Waals surface area contributed by atoms with Crippen LogP contribution in [0.3, 0.4) is 0 Å². The molecule has 0 amide bonds. The van der Waals surface area contributed by atoms with Gasteiger partial charge in [-0.25, -0.2) is 9.97 Å². The van der Waals surface area contributed by atoms with Crippen LogP contribution in [0.4, 0.5) is 0 Å². The van der Waals surface area contributed by atoms with E-state index in [4.69, 9.17) is 21.6 Å². The van der Waals surface area contributed by atoms with E-state index >= 15 is 0 Å². The summed E-state index contributed by atoms with van der Waals surface area (Å²) in [7, 11) is 0. The zero-order valence-corrected chi connectivity index (χ0v) is 18.1. The van der Waals surface area contributed by atoms with Crippen molar-refractivity contribution >= 4 is 17.6 Å². The molecule has 9 heteroatoms. The van der Waals surface area contributed by atoms with Gasteiger partial charge in [0.15, 0.2) is 0 Å². The average molecular weight is 460 g/mol. The molecule has 3 aromatic heterocycles. The fourth-order valence-corrected chi connectivity index (χ4v) is 3.41. The van der Waals surface area contributed by atoms with Crippen LogP contribution in [0.25, 0.3) is 5.82 Å². The largest absolute Gasteiger partial charge is 0.460 e. The van der Waals surface area contributed by atoms with Gasteiger partial charge in [-0.05, 0) is 41.8 Å². The minimum absolute atomic E-state index is 0.0800. The first kappa shape index (κ1) is 22.0. The third-order valence-electron chi connectivity index (χ3n) is 4.97. The molecule has 0 unspecified atom stereocenters. The quantitative estimate of drug-likeness (QED) is 0.423. The number of aromatic amines is 1. The van der Waals surface area contributed by atoms with E-state index in [1.165, 1.54) is 22.9 Å². The van der Waals surface area contributed by atoms with Crippen molar-refractivity contribution in [2.45, 2.75) is 18.9 Å². The predicted molar refractivity (Wildman–Crippen MR) is 121 cm³/mol. The number of aromatic nitrogens is 4. The van der Waals surface area contributed by atoms with Crippen LogP contribution in [0.15, 0.2) is 78.1 Å². The normalized spacial score (nSPS) is 11.5. The number of ether oxygens (including phenoxy) is 1. The number of esters is 1. The lowest BCUT2D eigenvalue weighted by Gasteiger charge is -2.15. The summed E-state index contributed by atoms with van der Waals surface area (Å²) >= 11 is 5.98. The van der Waals surface area contributed by atoms with Crippen molar-refractivity contribution in [2.24, 2.45) is 0 Å². The van der Waals surface area contributed by atoms with Gasteiger partial charge in [0.25, 0.3) is 5.56 Å². The monoisotopic (exact) mass is 459 g/mol. The van der Waals surface area contributed by atoms with Crippen LogP contribution >= 0.6 is 11.6 Å². The summed E-state index contributed by atoms with van der Waals surface area (Å²) in [6.07, 6.45) is 6.62. The number of carbonyl (C=O) groups is 1. The summed E-state index contributed by atoms with van der Waals surface area (Å²) in [5.74, 6) is -0.205. The van der Waals surface area contributed by atoms with E-state index in [0.717, 1.165) is 11.1 Å². The first-order valence-electron chi connectivity index (χ1n) is 10.0. The standard InChI is InChI=1S/C24H18ClN5O3/c25-19-6-8-22(31)30(14-19)21-7-5-18(13-29-21)11-20(23-27-9-10-28-23)24(32)33-15-17-3-1-16(12-26)2-4-17/h1-10,13-14,20H,11,15H2,(H,27,28)/t20-/m1/s1. The maximum atomic E-state index is 12.9. The highest BCUT2D eigenvalue weighted by Crippen LogP contribution is 2.21. The molecule has 0 aliphatic rings. The smallest absolute Gasteiger partial charge is 0.317 e.